The van der Waals surface area contributed by atoms with Gasteiger partial charge in [0.1, 0.15) is 5.75 Å². The third kappa shape index (κ3) is 2.05. The summed E-state index contributed by atoms with van der Waals surface area (Å²) >= 11 is 3.33. The number of carbonyl (C=O) groups is 1. The smallest absolute Gasteiger partial charge is 0.254 e. The molecule has 0 aliphatic carbocycles. The van der Waals surface area contributed by atoms with Crippen molar-refractivity contribution in [3.8, 4) is 5.75 Å². The fourth-order valence-electron chi connectivity index (χ4n) is 1.60. The van der Waals surface area contributed by atoms with Crippen molar-refractivity contribution < 1.29 is 14.6 Å². The van der Waals surface area contributed by atoms with Crippen LogP contribution >= 0.6 is 15.9 Å². The lowest BCUT2D eigenvalue weighted by Crippen LogP contribution is -2.53. The Hall–Kier alpha value is -1.07. The molecule has 1 aliphatic rings. The van der Waals surface area contributed by atoms with Crippen molar-refractivity contribution >= 4 is 21.8 Å². The Kier molecular flexibility index (Phi) is 3.16. The zero-order chi connectivity index (χ0) is 11.7. The van der Waals surface area contributed by atoms with Gasteiger partial charge in [-0.05, 0) is 34.1 Å². The Morgan fingerprint density at radius 3 is 2.75 bits per heavy atom. The monoisotopic (exact) mass is 285 g/mol. The first-order chi connectivity index (χ1) is 7.61. The molecule has 0 atom stereocenters. The molecule has 86 valence electrons. The molecule has 1 aromatic carbocycles. The molecule has 0 bridgehead atoms. The van der Waals surface area contributed by atoms with E-state index >= 15 is 0 Å². The minimum atomic E-state index is -0.370. The number of β-amino-alcohol motifs (C(OH)–C–C–N with tert-alkyl or cyclic N) is 1. The molecule has 1 fully saturated rings. The number of methoxy groups -OCH3 is 1. The first kappa shape index (κ1) is 11.4. The van der Waals surface area contributed by atoms with Gasteiger partial charge in [-0.3, -0.25) is 4.79 Å². The van der Waals surface area contributed by atoms with E-state index in [0.29, 0.717) is 24.4 Å². The highest BCUT2D eigenvalue weighted by atomic mass is 79.9. The number of aliphatic hydroxyl groups excluding tert-OH is 1. The van der Waals surface area contributed by atoms with Crippen LogP contribution in [0.2, 0.25) is 0 Å². The molecule has 4 nitrogen and oxygen atoms in total. The average Bonchev–Trinajstić information content (AvgIpc) is 2.24. The van der Waals surface area contributed by atoms with Crippen LogP contribution in [0.1, 0.15) is 10.4 Å². The number of nitrogens with zero attached hydrogens (tertiary/aromatic N) is 1. The van der Waals surface area contributed by atoms with Crippen molar-refractivity contribution in [2.24, 2.45) is 0 Å². The lowest BCUT2D eigenvalue weighted by Gasteiger charge is -2.35. The summed E-state index contributed by atoms with van der Waals surface area (Å²) in [6.07, 6.45) is -0.370. The Morgan fingerprint density at radius 1 is 1.56 bits per heavy atom. The van der Waals surface area contributed by atoms with E-state index in [1.807, 2.05) is 0 Å². The summed E-state index contributed by atoms with van der Waals surface area (Å²) in [7, 11) is 1.58. The molecule has 16 heavy (non-hydrogen) atoms. The largest absolute Gasteiger partial charge is 0.496 e. The number of hydrogen-bond donors (Lipinski definition) is 1. The Labute approximate surface area is 102 Å². The molecule has 5 heteroatoms. The molecular formula is C11H12BrNO3. The number of benzene rings is 1. The summed E-state index contributed by atoms with van der Waals surface area (Å²) in [5.74, 6) is 0.633. The number of likely N-dealkylation sites (tertiary alicyclic amines) is 1. The van der Waals surface area contributed by atoms with E-state index < -0.39 is 0 Å². The average molecular weight is 286 g/mol. The van der Waals surface area contributed by atoms with Crippen molar-refractivity contribution in [3.63, 3.8) is 0 Å². The maximum atomic E-state index is 11.9. The number of halogens is 1. The van der Waals surface area contributed by atoms with Crippen molar-refractivity contribution in [1.82, 2.24) is 4.90 Å². The number of rotatable bonds is 2. The summed E-state index contributed by atoms with van der Waals surface area (Å²) in [5.41, 5.74) is 0.597. The molecule has 0 radical (unpaired) electrons. The van der Waals surface area contributed by atoms with E-state index in [9.17, 15) is 4.79 Å². The maximum Gasteiger partial charge on any atom is 0.254 e. The van der Waals surface area contributed by atoms with Gasteiger partial charge in [0.15, 0.2) is 0 Å². The first-order valence-corrected chi connectivity index (χ1v) is 5.72. The van der Waals surface area contributed by atoms with Gasteiger partial charge < -0.3 is 14.7 Å². The Bertz CT molecular complexity index is 416. The molecular weight excluding hydrogens is 274 g/mol. The highest BCUT2D eigenvalue weighted by molar-refractivity contribution is 9.10. The van der Waals surface area contributed by atoms with Crippen molar-refractivity contribution in [2.75, 3.05) is 20.2 Å². The fourth-order valence-corrected chi connectivity index (χ4v) is 2.14. The van der Waals surface area contributed by atoms with Gasteiger partial charge in [0, 0.05) is 18.7 Å². The van der Waals surface area contributed by atoms with Gasteiger partial charge in [0.2, 0.25) is 0 Å². The van der Waals surface area contributed by atoms with Gasteiger partial charge in [-0.2, -0.15) is 0 Å². The lowest BCUT2D eigenvalue weighted by molar-refractivity contribution is 0.00589. The van der Waals surface area contributed by atoms with Crippen LogP contribution in [0.4, 0.5) is 0 Å². The molecule has 0 aromatic heterocycles. The van der Waals surface area contributed by atoms with E-state index in [1.54, 1.807) is 30.2 Å². The third-order valence-electron chi connectivity index (χ3n) is 2.55. The van der Waals surface area contributed by atoms with Crippen LogP contribution in [-0.4, -0.2) is 42.2 Å². The van der Waals surface area contributed by atoms with Crippen LogP contribution in [0, 0.1) is 0 Å². The summed E-state index contributed by atoms with van der Waals surface area (Å²) < 4.78 is 5.84. The summed E-state index contributed by atoms with van der Waals surface area (Å²) in [6, 6.07) is 5.19. The minimum absolute atomic E-state index is 0.0614. The Balaban J connectivity index is 2.15. The second-order valence-corrected chi connectivity index (χ2v) is 4.57. The number of amides is 1. The van der Waals surface area contributed by atoms with E-state index in [0.717, 1.165) is 4.47 Å². The van der Waals surface area contributed by atoms with Crippen molar-refractivity contribution in [1.29, 1.82) is 0 Å². The molecule has 0 saturated carbocycles. The number of hydrogen-bond acceptors (Lipinski definition) is 3. The molecule has 1 N–H and O–H groups in total. The zero-order valence-electron chi connectivity index (χ0n) is 8.81. The van der Waals surface area contributed by atoms with Gasteiger partial charge >= 0.3 is 0 Å². The second-order valence-electron chi connectivity index (χ2n) is 3.71. The lowest BCUT2D eigenvalue weighted by atomic mass is 10.1. The van der Waals surface area contributed by atoms with Gasteiger partial charge in [0.05, 0.1) is 17.7 Å². The Morgan fingerprint density at radius 2 is 2.25 bits per heavy atom. The van der Waals surface area contributed by atoms with E-state index in [-0.39, 0.29) is 12.0 Å². The topological polar surface area (TPSA) is 49.8 Å². The summed E-state index contributed by atoms with van der Waals surface area (Å²) in [6.45, 7) is 0.838. The summed E-state index contributed by atoms with van der Waals surface area (Å²) in [4.78, 5) is 13.5. The second kappa shape index (κ2) is 4.43. The quantitative estimate of drug-likeness (QED) is 0.891. The van der Waals surface area contributed by atoms with Crippen LogP contribution in [0.15, 0.2) is 22.7 Å². The highest BCUT2D eigenvalue weighted by Gasteiger charge is 2.29. The first-order valence-electron chi connectivity index (χ1n) is 4.92. The van der Waals surface area contributed by atoms with E-state index in [2.05, 4.69) is 15.9 Å². The van der Waals surface area contributed by atoms with E-state index in [4.69, 9.17) is 9.84 Å². The van der Waals surface area contributed by atoms with Crippen molar-refractivity contribution in [2.45, 2.75) is 6.10 Å². The molecule has 1 saturated heterocycles. The van der Waals surface area contributed by atoms with Crippen LogP contribution in [0.25, 0.3) is 0 Å². The van der Waals surface area contributed by atoms with Crippen LogP contribution < -0.4 is 4.74 Å². The molecule has 0 unspecified atom stereocenters. The van der Waals surface area contributed by atoms with E-state index in [1.165, 1.54) is 0 Å². The number of aliphatic hydroxyl groups is 1. The third-order valence-corrected chi connectivity index (χ3v) is 3.17. The normalized spacial score (nSPS) is 15.8. The van der Waals surface area contributed by atoms with Gasteiger partial charge in [0.25, 0.3) is 5.91 Å². The van der Waals surface area contributed by atoms with Crippen LogP contribution in [0.3, 0.4) is 0 Å². The summed E-state index contributed by atoms with van der Waals surface area (Å²) in [5, 5.41) is 9.13. The van der Waals surface area contributed by atoms with Gasteiger partial charge in [-0.1, -0.05) is 0 Å². The zero-order valence-corrected chi connectivity index (χ0v) is 10.4. The molecule has 1 heterocycles. The minimum Gasteiger partial charge on any atom is -0.496 e. The predicted molar refractivity (Wildman–Crippen MR) is 62.6 cm³/mol. The standard InChI is InChI=1S/C11H12BrNO3/c1-16-10-3-2-7(4-9(10)12)11(15)13-5-8(14)6-13/h2-4,8,14H,5-6H2,1H3. The molecule has 1 aromatic rings. The number of carbonyl (C=O) groups excluding carboxylic acids is 1. The van der Waals surface area contributed by atoms with Gasteiger partial charge in [-0.25, -0.2) is 0 Å². The van der Waals surface area contributed by atoms with Crippen molar-refractivity contribution in [3.05, 3.63) is 28.2 Å². The predicted octanol–water partition coefficient (Wildman–Crippen LogP) is 1.27. The number of ether oxygens (including phenoxy) is 1. The molecule has 2 rings (SSSR count). The molecule has 1 amide bonds. The van der Waals surface area contributed by atoms with Gasteiger partial charge in [-0.15, -0.1) is 0 Å². The fraction of sp³-hybridized carbons (Fsp3) is 0.364. The van der Waals surface area contributed by atoms with Crippen LogP contribution in [0.5, 0.6) is 5.75 Å². The maximum absolute atomic E-state index is 11.9. The van der Waals surface area contributed by atoms with Crippen LogP contribution in [-0.2, 0) is 0 Å². The molecule has 1 aliphatic heterocycles. The SMILES string of the molecule is COc1ccc(C(=O)N2CC(O)C2)cc1Br. The molecule has 0 spiro atoms. The highest BCUT2D eigenvalue weighted by Crippen LogP contribution is 2.26.